The van der Waals surface area contributed by atoms with Crippen molar-refractivity contribution in [3.05, 3.63) is 51.4 Å². The Morgan fingerprint density at radius 1 is 1.24 bits per heavy atom. The van der Waals surface area contributed by atoms with Gasteiger partial charge >= 0.3 is 0 Å². The Balaban J connectivity index is 1.62. The molecule has 204 valence electrons. The summed E-state index contributed by atoms with van der Waals surface area (Å²) in [7, 11) is 0. The number of aromatic nitrogens is 3. The molecule has 0 amide bonds. The zero-order valence-corrected chi connectivity index (χ0v) is 21.7. The van der Waals surface area contributed by atoms with Crippen LogP contribution in [-0.4, -0.2) is 69.2 Å². The van der Waals surface area contributed by atoms with E-state index in [1.165, 1.54) is 6.07 Å². The van der Waals surface area contributed by atoms with Gasteiger partial charge in [-0.2, -0.15) is 0 Å². The summed E-state index contributed by atoms with van der Waals surface area (Å²) >= 11 is 0. The number of hydrogen-bond donors (Lipinski definition) is 2. The lowest BCUT2D eigenvalue weighted by Gasteiger charge is -2.28. The molecule has 2 saturated heterocycles. The average Bonchev–Trinajstić information content (AvgIpc) is 3.29. The smallest absolute Gasteiger partial charge is 0.223 e. The molecule has 3 atom stereocenters. The van der Waals surface area contributed by atoms with Crippen LogP contribution < -0.4 is 10.7 Å². The minimum Gasteiger partial charge on any atom is -0.389 e. The summed E-state index contributed by atoms with van der Waals surface area (Å²) in [5.74, 6) is -1.56. The van der Waals surface area contributed by atoms with Gasteiger partial charge in [0.1, 0.15) is 17.7 Å². The topological polar surface area (TPSA) is 92.5 Å². The molecular weight excluding hydrogens is 499 g/mol. The number of anilines is 1. The van der Waals surface area contributed by atoms with Crippen molar-refractivity contribution in [2.75, 3.05) is 31.6 Å². The fourth-order valence-electron chi connectivity index (χ4n) is 5.39. The van der Waals surface area contributed by atoms with Gasteiger partial charge < -0.3 is 19.7 Å². The highest BCUT2D eigenvalue weighted by Gasteiger charge is 2.27. The molecule has 2 N–H and O–H groups in total. The van der Waals surface area contributed by atoms with Crippen LogP contribution in [0.15, 0.2) is 23.1 Å². The predicted molar refractivity (Wildman–Crippen MR) is 138 cm³/mol. The Bertz CT molecular complexity index is 1410. The number of halogens is 3. The predicted octanol–water partition coefficient (Wildman–Crippen LogP) is 3.73. The van der Waals surface area contributed by atoms with Gasteiger partial charge in [-0.05, 0) is 45.7 Å². The van der Waals surface area contributed by atoms with Crippen LogP contribution in [0.25, 0.3) is 22.2 Å². The lowest BCUT2D eigenvalue weighted by molar-refractivity contribution is -0.0136. The highest BCUT2D eigenvalue weighted by atomic mass is 19.1. The molecule has 0 spiro atoms. The summed E-state index contributed by atoms with van der Waals surface area (Å²) in [4.78, 5) is 23.5. The van der Waals surface area contributed by atoms with Crippen molar-refractivity contribution >= 4 is 16.9 Å². The van der Waals surface area contributed by atoms with Crippen LogP contribution in [0.3, 0.4) is 0 Å². The Morgan fingerprint density at radius 2 is 2.03 bits per heavy atom. The molecule has 0 radical (unpaired) electrons. The van der Waals surface area contributed by atoms with Crippen molar-refractivity contribution in [2.45, 2.75) is 64.5 Å². The van der Waals surface area contributed by atoms with Crippen molar-refractivity contribution in [3.8, 4) is 11.3 Å². The molecule has 4 heterocycles. The molecule has 2 aliphatic rings. The van der Waals surface area contributed by atoms with Gasteiger partial charge in [0.2, 0.25) is 5.95 Å². The normalized spacial score (nSPS) is 22.5. The number of hydrogen-bond acceptors (Lipinski definition) is 7. The average molecular weight is 532 g/mol. The number of benzene rings is 1. The van der Waals surface area contributed by atoms with E-state index in [0.29, 0.717) is 50.2 Å². The molecule has 5 rings (SSSR count). The molecule has 0 bridgehead atoms. The zero-order chi connectivity index (χ0) is 27.1. The van der Waals surface area contributed by atoms with E-state index in [4.69, 9.17) is 4.74 Å². The molecule has 38 heavy (non-hydrogen) atoms. The van der Waals surface area contributed by atoms with Crippen molar-refractivity contribution < 1.29 is 23.0 Å². The molecule has 0 saturated carbocycles. The molecule has 0 unspecified atom stereocenters. The maximum absolute atomic E-state index is 15.5. The Hall–Kier alpha value is -3.02. The van der Waals surface area contributed by atoms with Crippen molar-refractivity contribution in [1.29, 1.82) is 0 Å². The SMILES string of the molecule is Cc1c(CN2CC[C@@H](F)C2)n(C(C)C)c2cc(-c3nc(N[C@@H]4CCOC[C@H]4O)ncc3F)c(F)cc2c1=O. The second-order valence-electron chi connectivity index (χ2n) is 10.4. The maximum atomic E-state index is 15.5. The summed E-state index contributed by atoms with van der Waals surface area (Å²) in [5, 5.41) is 13.3. The number of aliphatic hydroxyl groups is 1. The van der Waals surface area contributed by atoms with Gasteiger partial charge in [-0.3, -0.25) is 9.69 Å². The second kappa shape index (κ2) is 10.6. The molecular formula is C27H32F3N5O3. The van der Waals surface area contributed by atoms with Gasteiger partial charge in [0, 0.05) is 54.5 Å². The summed E-state index contributed by atoms with van der Waals surface area (Å²) in [6, 6.07) is 2.08. The number of fused-ring (bicyclic) bond motifs is 1. The second-order valence-corrected chi connectivity index (χ2v) is 10.4. The Kier molecular flexibility index (Phi) is 7.43. The fraction of sp³-hybridized carbons (Fsp3) is 0.519. The number of nitrogens with one attached hydrogen (secondary N) is 1. The van der Waals surface area contributed by atoms with Gasteiger partial charge in [0.15, 0.2) is 11.2 Å². The van der Waals surface area contributed by atoms with Crippen molar-refractivity contribution in [3.63, 3.8) is 0 Å². The lowest BCUT2D eigenvalue weighted by Crippen LogP contribution is -2.42. The monoisotopic (exact) mass is 531 g/mol. The fourth-order valence-corrected chi connectivity index (χ4v) is 5.39. The summed E-state index contributed by atoms with van der Waals surface area (Å²) < 4.78 is 51.5. The summed E-state index contributed by atoms with van der Waals surface area (Å²) in [6.07, 6.45) is 0.217. The molecule has 2 aliphatic heterocycles. The van der Waals surface area contributed by atoms with E-state index in [9.17, 15) is 18.7 Å². The van der Waals surface area contributed by atoms with Crippen LogP contribution in [0, 0.1) is 18.6 Å². The molecule has 2 aromatic heterocycles. The minimum absolute atomic E-state index is 0.0486. The van der Waals surface area contributed by atoms with Crippen LogP contribution in [0.5, 0.6) is 0 Å². The number of ether oxygens (including phenoxy) is 1. The minimum atomic E-state index is -0.901. The van der Waals surface area contributed by atoms with Gasteiger partial charge in [0.05, 0.1) is 30.5 Å². The third kappa shape index (κ3) is 5.02. The highest BCUT2D eigenvalue weighted by Crippen LogP contribution is 2.31. The summed E-state index contributed by atoms with van der Waals surface area (Å²) in [5.41, 5.74) is 0.978. The molecule has 0 aliphatic carbocycles. The standard InChI is InChI=1S/C27H32F3N5O3/c1-14(2)35-22-9-17(25-20(30)10-31-27(33-25)32-21-5-7-38-13-24(21)36)19(29)8-18(22)26(37)15(3)23(35)12-34-6-4-16(28)11-34/h8-10,14,16,21,24,36H,4-7,11-13H2,1-3H3,(H,31,32,33)/t16-,21-,24-/m1/s1. The third-order valence-corrected chi connectivity index (χ3v) is 7.40. The van der Waals surface area contributed by atoms with E-state index in [2.05, 4.69) is 15.3 Å². The zero-order valence-electron chi connectivity index (χ0n) is 21.7. The van der Waals surface area contributed by atoms with Gasteiger partial charge in [-0.1, -0.05) is 0 Å². The number of rotatable bonds is 6. The number of nitrogens with zero attached hydrogens (tertiary/aromatic N) is 4. The molecule has 11 heteroatoms. The molecule has 2 fully saturated rings. The van der Waals surface area contributed by atoms with Gasteiger partial charge in [-0.15, -0.1) is 0 Å². The molecule has 1 aromatic carbocycles. The van der Waals surface area contributed by atoms with E-state index in [-0.39, 0.29) is 40.7 Å². The number of aliphatic hydroxyl groups excluding tert-OH is 1. The summed E-state index contributed by atoms with van der Waals surface area (Å²) in [6.45, 7) is 7.46. The van der Waals surface area contributed by atoms with Crippen LogP contribution in [0.4, 0.5) is 19.1 Å². The quantitative estimate of drug-likeness (QED) is 0.501. The van der Waals surface area contributed by atoms with E-state index in [0.717, 1.165) is 18.0 Å². The lowest BCUT2D eigenvalue weighted by atomic mass is 10.0. The first-order valence-corrected chi connectivity index (χ1v) is 12.9. The highest BCUT2D eigenvalue weighted by molar-refractivity contribution is 5.85. The number of alkyl halides is 1. The van der Waals surface area contributed by atoms with Crippen molar-refractivity contribution in [2.24, 2.45) is 0 Å². The Labute approximate surface area is 218 Å². The first-order valence-electron chi connectivity index (χ1n) is 12.9. The molecule has 8 nitrogen and oxygen atoms in total. The van der Waals surface area contributed by atoms with E-state index >= 15 is 4.39 Å². The first-order chi connectivity index (χ1) is 18.1. The van der Waals surface area contributed by atoms with Crippen molar-refractivity contribution in [1.82, 2.24) is 19.4 Å². The van der Waals surface area contributed by atoms with Crippen LogP contribution in [0.1, 0.15) is 44.0 Å². The Morgan fingerprint density at radius 3 is 2.71 bits per heavy atom. The maximum Gasteiger partial charge on any atom is 0.223 e. The third-order valence-electron chi connectivity index (χ3n) is 7.40. The van der Waals surface area contributed by atoms with E-state index in [1.54, 1.807) is 6.92 Å². The number of likely N-dealkylation sites (tertiary alicyclic amines) is 1. The molecule has 3 aromatic rings. The largest absolute Gasteiger partial charge is 0.389 e. The number of pyridine rings is 1. The van der Waals surface area contributed by atoms with Crippen LogP contribution >= 0.6 is 0 Å². The van der Waals surface area contributed by atoms with Crippen LogP contribution in [0.2, 0.25) is 0 Å². The van der Waals surface area contributed by atoms with E-state index < -0.39 is 30.0 Å². The van der Waals surface area contributed by atoms with Crippen LogP contribution in [-0.2, 0) is 11.3 Å². The van der Waals surface area contributed by atoms with E-state index in [1.807, 2.05) is 23.3 Å². The first kappa shape index (κ1) is 26.6. The van der Waals surface area contributed by atoms with Gasteiger partial charge in [0.25, 0.3) is 0 Å². The van der Waals surface area contributed by atoms with Gasteiger partial charge in [-0.25, -0.2) is 23.1 Å².